The van der Waals surface area contributed by atoms with Crippen molar-refractivity contribution in [2.45, 2.75) is 0 Å². The second-order valence-electron chi connectivity index (χ2n) is 2.55. The van der Waals surface area contributed by atoms with Gasteiger partial charge in [-0.25, -0.2) is 9.49 Å². The standard InChI is InChI=1S/C8H4ClFN2O/c9-5-1-4-3-11-12-8(13)7(4)6(10)2-5/h1-3H,(H,12,13). The number of benzene rings is 1. The molecule has 2 rings (SSSR count). The first-order valence-corrected chi connectivity index (χ1v) is 3.89. The molecule has 0 aliphatic rings. The average molecular weight is 199 g/mol. The number of hydrogen-bond donors (Lipinski definition) is 1. The Morgan fingerprint density at radius 2 is 2.23 bits per heavy atom. The van der Waals surface area contributed by atoms with Gasteiger partial charge in [-0.05, 0) is 12.1 Å². The van der Waals surface area contributed by atoms with Gasteiger partial charge in [-0.3, -0.25) is 4.79 Å². The largest absolute Gasteiger partial charge is 0.275 e. The van der Waals surface area contributed by atoms with Crippen molar-refractivity contribution >= 4 is 22.4 Å². The maximum absolute atomic E-state index is 13.2. The third kappa shape index (κ3) is 1.29. The van der Waals surface area contributed by atoms with Crippen LogP contribution in [-0.4, -0.2) is 10.2 Å². The normalized spacial score (nSPS) is 10.6. The summed E-state index contributed by atoms with van der Waals surface area (Å²) < 4.78 is 13.2. The number of nitrogens with one attached hydrogen (secondary N) is 1. The minimum Gasteiger partial charge on any atom is -0.267 e. The highest BCUT2D eigenvalue weighted by molar-refractivity contribution is 6.31. The number of hydrogen-bond acceptors (Lipinski definition) is 2. The molecular weight excluding hydrogens is 195 g/mol. The van der Waals surface area contributed by atoms with Crippen LogP contribution in [0.4, 0.5) is 4.39 Å². The maximum Gasteiger partial charge on any atom is 0.275 e. The van der Waals surface area contributed by atoms with E-state index in [2.05, 4.69) is 10.2 Å². The Kier molecular flexibility index (Phi) is 1.77. The molecule has 0 saturated carbocycles. The Labute approximate surface area is 77.2 Å². The van der Waals surface area contributed by atoms with Crippen LogP contribution < -0.4 is 5.56 Å². The smallest absolute Gasteiger partial charge is 0.267 e. The third-order valence-corrected chi connectivity index (χ3v) is 1.90. The van der Waals surface area contributed by atoms with Crippen LogP contribution in [-0.2, 0) is 0 Å². The molecule has 0 atom stereocenters. The molecule has 5 heteroatoms. The van der Waals surface area contributed by atoms with Crippen LogP contribution >= 0.6 is 11.6 Å². The van der Waals surface area contributed by atoms with Gasteiger partial charge in [-0.15, -0.1) is 0 Å². The third-order valence-electron chi connectivity index (χ3n) is 1.68. The summed E-state index contributed by atoms with van der Waals surface area (Å²) in [5, 5.41) is 6.31. The predicted octanol–water partition coefficient (Wildman–Crippen LogP) is 1.72. The second kappa shape index (κ2) is 2.81. The molecule has 3 nitrogen and oxygen atoms in total. The summed E-state index contributed by atoms with van der Waals surface area (Å²) in [6, 6.07) is 2.58. The Hall–Kier alpha value is -1.42. The SMILES string of the molecule is O=c1[nH]ncc2cc(Cl)cc(F)c12. The van der Waals surface area contributed by atoms with Gasteiger partial charge in [-0.1, -0.05) is 11.6 Å². The molecule has 0 unspecified atom stereocenters. The molecule has 1 heterocycles. The lowest BCUT2D eigenvalue weighted by Gasteiger charge is -1.97. The van der Waals surface area contributed by atoms with E-state index in [9.17, 15) is 9.18 Å². The van der Waals surface area contributed by atoms with Gasteiger partial charge in [0.05, 0.1) is 11.6 Å². The van der Waals surface area contributed by atoms with E-state index in [0.717, 1.165) is 6.07 Å². The Balaban J connectivity index is 3.03. The molecule has 1 aromatic carbocycles. The highest BCUT2D eigenvalue weighted by atomic mass is 35.5. The highest BCUT2D eigenvalue weighted by Crippen LogP contribution is 2.18. The van der Waals surface area contributed by atoms with E-state index >= 15 is 0 Å². The van der Waals surface area contributed by atoms with Crippen LogP contribution in [0.2, 0.25) is 5.02 Å². The van der Waals surface area contributed by atoms with Crippen molar-refractivity contribution in [3.63, 3.8) is 0 Å². The monoisotopic (exact) mass is 198 g/mol. The van der Waals surface area contributed by atoms with E-state index in [0.29, 0.717) is 5.39 Å². The molecule has 1 aromatic heterocycles. The zero-order valence-electron chi connectivity index (χ0n) is 6.34. The second-order valence-corrected chi connectivity index (χ2v) is 2.99. The van der Waals surface area contributed by atoms with Gasteiger partial charge in [0.1, 0.15) is 5.82 Å². The van der Waals surface area contributed by atoms with E-state index in [1.165, 1.54) is 12.3 Å². The first kappa shape index (κ1) is 8.19. The molecule has 0 fully saturated rings. The molecule has 0 bridgehead atoms. The molecule has 0 spiro atoms. The quantitative estimate of drug-likeness (QED) is 0.701. The van der Waals surface area contributed by atoms with Gasteiger partial charge in [-0.2, -0.15) is 5.10 Å². The highest BCUT2D eigenvalue weighted by Gasteiger charge is 2.06. The minimum absolute atomic E-state index is 0.0144. The molecule has 66 valence electrons. The van der Waals surface area contributed by atoms with Gasteiger partial charge >= 0.3 is 0 Å². The summed E-state index contributed by atoms with van der Waals surface area (Å²) in [6.45, 7) is 0. The zero-order chi connectivity index (χ0) is 9.42. The van der Waals surface area contributed by atoms with Crippen molar-refractivity contribution in [3.05, 3.63) is 39.5 Å². The summed E-state index contributed by atoms with van der Waals surface area (Å²) in [5.74, 6) is -0.633. The Morgan fingerprint density at radius 1 is 1.46 bits per heavy atom. The maximum atomic E-state index is 13.2. The van der Waals surface area contributed by atoms with E-state index in [1.807, 2.05) is 0 Å². The van der Waals surface area contributed by atoms with Crippen LogP contribution in [0.15, 0.2) is 23.1 Å². The summed E-state index contributed by atoms with van der Waals surface area (Å²) in [6.07, 6.45) is 1.35. The molecule has 0 aliphatic carbocycles. The number of rotatable bonds is 0. The van der Waals surface area contributed by atoms with E-state index in [-0.39, 0.29) is 10.4 Å². The fourth-order valence-corrected chi connectivity index (χ4v) is 1.36. The molecule has 0 radical (unpaired) electrons. The molecule has 0 saturated heterocycles. The van der Waals surface area contributed by atoms with Crippen molar-refractivity contribution in [2.75, 3.05) is 0 Å². The van der Waals surface area contributed by atoms with Crippen LogP contribution in [0.3, 0.4) is 0 Å². The first-order valence-electron chi connectivity index (χ1n) is 3.51. The lowest BCUT2D eigenvalue weighted by molar-refractivity contribution is 0.638. The lowest BCUT2D eigenvalue weighted by atomic mass is 10.2. The summed E-state index contributed by atoms with van der Waals surface area (Å²) in [5.41, 5.74) is -0.549. The fourth-order valence-electron chi connectivity index (χ4n) is 1.15. The fraction of sp³-hybridized carbons (Fsp3) is 0. The minimum atomic E-state index is -0.633. The van der Waals surface area contributed by atoms with Crippen molar-refractivity contribution in [1.82, 2.24) is 10.2 Å². The Bertz CT molecular complexity index is 523. The number of H-pyrrole nitrogens is 1. The van der Waals surface area contributed by atoms with Crippen LogP contribution in [0.5, 0.6) is 0 Å². The number of fused-ring (bicyclic) bond motifs is 1. The number of halogens is 2. The zero-order valence-corrected chi connectivity index (χ0v) is 7.10. The van der Waals surface area contributed by atoms with Crippen LogP contribution in [0.25, 0.3) is 10.8 Å². The summed E-state index contributed by atoms with van der Waals surface area (Å²) in [7, 11) is 0. The molecule has 0 amide bonds. The van der Waals surface area contributed by atoms with Gasteiger partial charge in [0.15, 0.2) is 0 Å². The van der Waals surface area contributed by atoms with Gasteiger partial charge in [0.2, 0.25) is 0 Å². The molecule has 2 aromatic rings. The molecule has 13 heavy (non-hydrogen) atoms. The van der Waals surface area contributed by atoms with Crippen LogP contribution in [0, 0.1) is 5.82 Å². The lowest BCUT2D eigenvalue weighted by Crippen LogP contribution is -2.08. The van der Waals surface area contributed by atoms with Crippen molar-refractivity contribution in [1.29, 1.82) is 0 Å². The van der Waals surface area contributed by atoms with Crippen molar-refractivity contribution < 1.29 is 4.39 Å². The first-order chi connectivity index (χ1) is 6.18. The van der Waals surface area contributed by atoms with Gasteiger partial charge < -0.3 is 0 Å². The Morgan fingerprint density at radius 3 is 3.00 bits per heavy atom. The van der Waals surface area contributed by atoms with E-state index in [1.54, 1.807) is 0 Å². The molecule has 0 aliphatic heterocycles. The number of aromatic amines is 1. The average Bonchev–Trinajstić information content (AvgIpc) is 2.02. The predicted molar refractivity (Wildman–Crippen MR) is 47.3 cm³/mol. The number of aromatic nitrogens is 2. The van der Waals surface area contributed by atoms with Gasteiger partial charge in [0.25, 0.3) is 5.56 Å². The van der Waals surface area contributed by atoms with Crippen LogP contribution in [0.1, 0.15) is 0 Å². The topological polar surface area (TPSA) is 45.8 Å². The van der Waals surface area contributed by atoms with E-state index in [4.69, 9.17) is 11.6 Å². The number of nitrogens with zero attached hydrogens (tertiary/aromatic N) is 1. The molecule has 1 N–H and O–H groups in total. The van der Waals surface area contributed by atoms with Gasteiger partial charge in [0, 0.05) is 10.4 Å². The molecular formula is C8H4ClFN2O. The summed E-state index contributed by atoms with van der Waals surface area (Å²) >= 11 is 5.60. The summed E-state index contributed by atoms with van der Waals surface area (Å²) in [4.78, 5) is 11.1. The van der Waals surface area contributed by atoms with Crippen molar-refractivity contribution in [2.24, 2.45) is 0 Å². The van der Waals surface area contributed by atoms with E-state index < -0.39 is 11.4 Å². The van der Waals surface area contributed by atoms with Crippen molar-refractivity contribution in [3.8, 4) is 0 Å².